The summed E-state index contributed by atoms with van der Waals surface area (Å²) in [6.07, 6.45) is 0. The van der Waals surface area contributed by atoms with Crippen LogP contribution in [-0.2, 0) is 0 Å². The second-order valence-electron chi connectivity index (χ2n) is 2.85. The number of hydrazine groups is 1. The first-order chi connectivity index (χ1) is 6.29. The minimum atomic E-state index is 0.926. The van der Waals surface area contributed by atoms with Crippen molar-refractivity contribution < 1.29 is 0 Å². The highest BCUT2D eigenvalue weighted by atomic mass is 79.9. The maximum atomic E-state index is 5.31. The van der Waals surface area contributed by atoms with Gasteiger partial charge in [-0.3, -0.25) is 5.84 Å². The van der Waals surface area contributed by atoms with Gasteiger partial charge in [0.25, 0.3) is 0 Å². The maximum absolute atomic E-state index is 5.31. The Labute approximate surface area is 84.8 Å². The number of nitrogen functional groups attached to an aromatic ring is 1. The molecule has 0 radical (unpaired) electrons. The van der Waals surface area contributed by atoms with Crippen LogP contribution >= 0.6 is 15.9 Å². The normalized spacial score (nSPS) is 10.3. The Morgan fingerprint density at radius 3 is 2.46 bits per heavy atom. The molecule has 0 aromatic heterocycles. The summed E-state index contributed by atoms with van der Waals surface area (Å²) >= 11 is 3.43. The van der Waals surface area contributed by atoms with Gasteiger partial charge in [0.1, 0.15) is 0 Å². The standard InChI is InChI=1S/C10H9BrN2/c11-9-3-1-8-6-10(13-12)4-2-7(8)5-9/h1-6,13H,12H2. The Balaban J connectivity index is 2.66. The highest BCUT2D eigenvalue weighted by Crippen LogP contribution is 2.22. The van der Waals surface area contributed by atoms with Crippen molar-refractivity contribution in [2.75, 3.05) is 5.43 Å². The molecule has 2 rings (SSSR count). The number of anilines is 1. The third kappa shape index (κ3) is 1.66. The van der Waals surface area contributed by atoms with E-state index in [9.17, 15) is 0 Å². The molecule has 0 saturated heterocycles. The lowest BCUT2D eigenvalue weighted by Crippen LogP contribution is -2.05. The van der Waals surface area contributed by atoms with Gasteiger partial charge in [0.05, 0.1) is 0 Å². The van der Waals surface area contributed by atoms with Gasteiger partial charge in [-0.2, -0.15) is 0 Å². The Bertz CT molecular complexity index is 440. The topological polar surface area (TPSA) is 38.0 Å². The van der Waals surface area contributed by atoms with Crippen LogP contribution in [0.2, 0.25) is 0 Å². The number of halogens is 1. The van der Waals surface area contributed by atoms with Crippen molar-refractivity contribution in [1.29, 1.82) is 0 Å². The first-order valence-corrected chi connectivity index (χ1v) is 4.75. The van der Waals surface area contributed by atoms with Gasteiger partial charge >= 0.3 is 0 Å². The zero-order valence-electron chi connectivity index (χ0n) is 6.92. The van der Waals surface area contributed by atoms with Crippen molar-refractivity contribution in [2.24, 2.45) is 5.84 Å². The third-order valence-corrected chi connectivity index (χ3v) is 2.46. The molecule has 66 valence electrons. The Kier molecular flexibility index (Phi) is 2.20. The molecule has 0 aliphatic heterocycles. The molecule has 0 unspecified atom stereocenters. The summed E-state index contributed by atoms with van der Waals surface area (Å²) < 4.78 is 1.09. The SMILES string of the molecule is NNc1ccc2cc(Br)ccc2c1. The zero-order valence-corrected chi connectivity index (χ0v) is 8.51. The molecule has 3 heteroatoms. The summed E-state index contributed by atoms with van der Waals surface area (Å²) in [7, 11) is 0. The monoisotopic (exact) mass is 236 g/mol. The zero-order chi connectivity index (χ0) is 9.26. The molecule has 0 aliphatic rings. The number of fused-ring (bicyclic) bond motifs is 1. The van der Waals surface area contributed by atoms with Crippen molar-refractivity contribution in [3.63, 3.8) is 0 Å². The minimum Gasteiger partial charge on any atom is -0.324 e. The van der Waals surface area contributed by atoms with Crippen LogP contribution in [0.4, 0.5) is 5.69 Å². The van der Waals surface area contributed by atoms with Gasteiger partial charge in [-0.25, -0.2) is 0 Å². The van der Waals surface area contributed by atoms with Gasteiger partial charge in [-0.1, -0.05) is 28.1 Å². The fraction of sp³-hybridized carbons (Fsp3) is 0. The van der Waals surface area contributed by atoms with Crippen LogP contribution in [0.15, 0.2) is 40.9 Å². The van der Waals surface area contributed by atoms with Crippen LogP contribution in [0.5, 0.6) is 0 Å². The number of benzene rings is 2. The Morgan fingerprint density at radius 2 is 1.69 bits per heavy atom. The van der Waals surface area contributed by atoms with Gasteiger partial charge in [0.15, 0.2) is 0 Å². The number of nitrogens with two attached hydrogens (primary N) is 1. The van der Waals surface area contributed by atoms with E-state index >= 15 is 0 Å². The van der Waals surface area contributed by atoms with Crippen LogP contribution in [-0.4, -0.2) is 0 Å². The van der Waals surface area contributed by atoms with E-state index in [1.54, 1.807) is 0 Å². The first kappa shape index (κ1) is 8.53. The van der Waals surface area contributed by atoms with E-state index in [4.69, 9.17) is 5.84 Å². The highest BCUT2D eigenvalue weighted by Gasteiger charge is 1.95. The second kappa shape index (κ2) is 3.36. The third-order valence-electron chi connectivity index (χ3n) is 1.97. The Morgan fingerprint density at radius 1 is 1.00 bits per heavy atom. The lowest BCUT2D eigenvalue weighted by molar-refractivity contribution is 1.36. The molecule has 13 heavy (non-hydrogen) atoms. The molecule has 0 bridgehead atoms. The minimum absolute atomic E-state index is 0.926. The van der Waals surface area contributed by atoms with Crippen molar-refractivity contribution in [3.05, 3.63) is 40.9 Å². The fourth-order valence-corrected chi connectivity index (χ4v) is 1.69. The predicted molar refractivity (Wildman–Crippen MR) is 59.5 cm³/mol. The van der Waals surface area contributed by atoms with E-state index < -0.39 is 0 Å². The summed E-state index contributed by atoms with van der Waals surface area (Å²) in [5.41, 5.74) is 3.55. The second-order valence-corrected chi connectivity index (χ2v) is 3.77. The van der Waals surface area contributed by atoms with E-state index in [1.165, 1.54) is 10.8 Å². The number of nitrogens with one attached hydrogen (secondary N) is 1. The van der Waals surface area contributed by atoms with Gasteiger partial charge in [-0.05, 0) is 35.0 Å². The summed E-state index contributed by atoms with van der Waals surface area (Å²) in [6, 6.07) is 12.2. The quantitative estimate of drug-likeness (QED) is 0.591. The summed E-state index contributed by atoms with van der Waals surface area (Å²) in [6.45, 7) is 0. The van der Waals surface area contributed by atoms with Gasteiger partial charge in [0, 0.05) is 10.2 Å². The van der Waals surface area contributed by atoms with E-state index in [0.717, 1.165) is 10.2 Å². The van der Waals surface area contributed by atoms with Crippen LogP contribution in [0.3, 0.4) is 0 Å². The lowest BCUT2D eigenvalue weighted by atomic mass is 10.1. The molecule has 0 atom stereocenters. The molecule has 0 heterocycles. The van der Waals surface area contributed by atoms with Gasteiger partial charge in [0.2, 0.25) is 0 Å². The number of rotatable bonds is 1. The average molecular weight is 237 g/mol. The number of hydrogen-bond acceptors (Lipinski definition) is 2. The highest BCUT2D eigenvalue weighted by molar-refractivity contribution is 9.10. The molecule has 0 spiro atoms. The predicted octanol–water partition coefficient (Wildman–Crippen LogP) is 2.89. The van der Waals surface area contributed by atoms with Crippen LogP contribution in [0, 0.1) is 0 Å². The average Bonchev–Trinajstić information content (AvgIpc) is 2.17. The molecule has 0 aliphatic carbocycles. The van der Waals surface area contributed by atoms with Crippen molar-refractivity contribution in [1.82, 2.24) is 0 Å². The molecular weight excluding hydrogens is 228 g/mol. The summed E-state index contributed by atoms with van der Waals surface area (Å²) in [4.78, 5) is 0. The Hall–Kier alpha value is -1.06. The molecular formula is C10H9BrN2. The van der Waals surface area contributed by atoms with Gasteiger partial charge in [-0.15, -0.1) is 0 Å². The van der Waals surface area contributed by atoms with E-state index in [1.807, 2.05) is 24.3 Å². The molecule has 2 aromatic rings. The number of hydrogen-bond donors (Lipinski definition) is 2. The lowest BCUT2D eigenvalue weighted by Gasteiger charge is -2.02. The molecule has 2 aromatic carbocycles. The first-order valence-electron chi connectivity index (χ1n) is 3.95. The fourth-order valence-electron chi connectivity index (χ4n) is 1.31. The molecule has 3 N–H and O–H groups in total. The van der Waals surface area contributed by atoms with E-state index in [2.05, 4.69) is 33.5 Å². The summed E-state index contributed by atoms with van der Waals surface area (Å²) in [5, 5.41) is 2.38. The molecule has 2 nitrogen and oxygen atoms in total. The van der Waals surface area contributed by atoms with Crippen molar-refractivity contribution in [2.45, 2.75) is 0 Å². The molecule has 0 fully saturated rings. The largest absolute Gasteiger partial charge is 0.324 e. The van der Waals surface area contributed by atoms with Crippen LogP contribution < -0.4 is 11.3 Å². The van der Waals surface area contributed by atoms with E-state index in [0.29, 0.717) is 0 Å². The van der Waals surface area contributed by atoms with Crippen molar-refractivity contribution >= 4 is 32.4 Å². The molecule has 0 amide bonds. The maximum Gasteiger partial charge on any atom is 0.0491 e. The van der Waals surface area contributed by atoms with E-state index in [-0.39, 0.29) is 0 Å². The van der Waals surface area contributed by atoms with Crippen LogP contribution in [0.25, 0.3) is 10.8 Å². The summed E-state index contributed by atoms with van der Waals surface area (Å²) in [5.74, 6) is 5.31. The smallest absolute Gasteiger partial charge is 0.0491 e. The molecule has 0 saturated carbocycles. The van der Waals surface area contributed by atoms with Gasteiger partial charge < -0.3 is 5.43 Å². The van der Waals surface area contributed by atoms with Crippen molar-refractivity contribution in [3.8, 4) is 0 Å². The van der Waals surface area contributed by atoms with Crippen LogP contribution in [0.1, 0.15) is 0 Å².